The second-order valence-electron chi connectivity index (χ2n) is 6.35. The molecule has 0 aromatic rings. The summed E-state index contributed by atoms with van der Waals surface area (Å²) in [7, 11) is 0. The van der Waals surface area contributed by atoms with Gasteiger partial charge in [-0.25, -0.2) is 0 Å². The first kappa shape index (κ1) is 14.3. The number of nitrogens with one attached hydrogen (secondary N) is 1. The van der Waals surface area contributed by atoms with Crippen molar-refractivity contribution in [3.05, 3.63) is 0 Å². The van der Waals surface area contributed by atoms with E-state index in [1.54, 1.807) is 0 Å². The molecule has 3 rings (SSSR count). The molecular formula is C15H27N3O2. The molecule has 20 heavy (non-hydrogen) atoms. The van der Waals surface area contributed by atoms with Crippen molar-refractivity contribution in [1.29, 1.82) is 0 Å². The minimum Gasteiger partial charge on any atom is -0.379 e. The molecule has 1 unspecified atom stereocenters. The van der Waals surface area contributed by atoms with Crippen LogP contribution in [-0.2, 0) is 9.53 Å². The van der Waals surface area contributed by atoms with E-state index in [1.807, 2.05) is 0 Å². The van der Waals surface area contributed by atoms with Gasteiger partial charge in [0.05, 0.1) is 19.3 Å². The number of carbonyl (C=O) groups is 1. The van der Waals surface area contributed by atoms with E-state index < -0.39 is 0 Å². The molecule has 3 heterocycles. The van der Waals surface area contributed by atoms with Crippen LogP contribution < -0.4 is 5.32 Å². The maximum Gasteiger partial charge on any atom is 0.239 e. The van der Waals surface area contributed by atoms with Gasteiger partial charge in [-0.15, -0.1) is 0 Å². The Bertz CT molecular complexity index is 325. The molecule has 0 aromatic carbocycles. The van der Waals surface area contributed by atoms with Gasteiger partial charge in [-0.1, -0.05) is 6.42 Å². The molecular weight excluding hydrogens is 254 g/mol. The minimum absolute atomic E-state index is 0.0888. The van der Waals surface area contributed by atoms with E-state index in [0.717, 1.165) is 65.3 Å². The summed E-state index contributed by atoms with van der Waals surface area (Å²) in [6, 6.07) is 0.0888. The first-order chi connectivity index (χ1) is 9.83. The van der Waals surface area contributed by atoms with Gasteiger partial charge in [0.2, 0.25) is 5.91 Å². The van der Waals surface area contributed by atoms with Crippen LogP contribution in [0.15, 0.2) is 0 Å². The summed E-state index contributed by atoms with van der Waals surface area (Å²) in [4.78, 5) is 17.0. The molecule has 3 aliphatic rings. The van der Waals surface area contributed by atoms with Gasteiger partial charge in [-0.3, -0.25) is 9.69 Å². The molecule has 0 saturated carbocycles. The van der Waals surface area contributed by atoms with Crippen molar-refractivity contribution < 1.29 is 9.53 Å². The van der Waals surface area contributed by atoms with E-state index in [0.29, 0.717) is 11.8 Å². The third kappa shape index (κ3) is 3.51. The first-order valence-electron chi connectivity index (χ1n) is 8.15. The Morgan fingerprint density at radius 3 is 2.75 bits per heavy atom. The second-order valence-corrected chi connectivity index (χ2v) is 6.35. The Kier molecular flexibility index (Phi) is 4.91. The highest BCUT2D eigenvalue weighted by Gasteiger charge is 2.32. The SMILES string of the molecule is O=C([C@H]1CCCCN1)N1CCC(CN2CCOCC2)C1. The van der Waals surface area contributed by atoms with Crippen LogP contribution in [0, 0.1) is 5.92 Å². The van der Waals surface area contributed by atoms with Gasteiger partial charge >= 0.3 is 0 Å². The van der Waals surface area contributed by atoms with Crippen molar-refractivity contribution in [2.45, 2.75) is 31.7 Å². The van der Waals surface area contributed by atoms with Gasteiger partial charge in [0.15, 0.2) is 0 Å². The highest BCUT2D eigenvalue weighted by molar-refractivity contribution is 5.82. The molecule has 5 heteroatoms. The summed E-state index contributed by atoms with van der Waals surface area (Å²) in [6.45, 7) is 7.86. The van der Waals surface area contributed by atoms with Crippen LogP contribution in [0.25, 0.3) is 0 Å². The number of likely N-dealkylation sites (tertiary alicyclic amines) is 1. The standard InChI is InChI=1S/C15H27N3O2/c19-15(14-3-1-2-5-16-14)18-6-4-13(12-18)11-17-7-9-20-10-8-17/h13-14,16H,1-12H2/t13?,14-/m1/s1. The fourth-order valence-electron chi connectivity index (χ4n) is 3.61. The van der Waals surface area contributed by atoms with E-state index in [4.69, 9.17) is 4.74 Å². The lowest BCUT2D eigenvalue weighted by atomic mass is 10.0. The Balaban J connectivity index is 1.44. The lowest BCUT2D eigenvalue weighted by molar-refractivity contribution is -0.133. The lowest BCUT2D eigenvalue weighted by Gasteiger charge is -2.30. The van der Waals surface area contributed by atoms with E-state index in [2.05, 4.69) is 15.1 Å². The maximum absolute atomic E-state index is 12.5. The molecule has 0 aromatic heterocycles. The molecule has 0 bridgehead atoms. The van der Waals surface area contributed by atoms with Crippen LogP contribution in [0.3, 0.4) is 0 Å². The van der Waals surface area contributed by atoms with E-state index >= 15 is 0 Å². The second kappa shape index (κ2) is 6.87. The lowest BCUT2D eigenvalue weighted by Crippen LogP contribution is -2.48. The zero-order chi connectivity index (χ0) is 13.8. The predicted octanol–water partition coefficient (Wildman–Crippen LogP) is 0.309. The molecule has 114 valence electrons. The Hall–Kier alpha value is -0.650. The third-order valence-corrected chi connectivity index (χ3v) is 4.83. The van der Waals surface area contributed by atoms with Crippen molar-refractivity contribution in [3.63, 3.8) is 0 Å². The van der Waals surface area contributed by atoms with Crippen molar-refractivity contribution in [2.24, 2.45) is 5.92 Å². The van der Waals surface area contributed by atoms with E-state index in [-0.39, 0.29) is 6.04 Å². The summed E-state index contributed by atoms with van der Waals surface area (Å²) in [5, 5.41) is 3.37. The molecule has 3 saturated heterocycles. The Morgan fingerprint density at radius 1 is 1.15 bits per heavy atom. The fraction of sp³-hybridized carbons (Fsp3) is 0.933. The largest absolute Gasteiger partial charge is 0.379 e. The van der Waals surface area contributed by atoms with Gasteiger partial charge in [0.1, 0.15) is 0 Å². The number of nitrogens with zero attached hydrogens (tertiary/aromatic N) is 2. The molecule has 0 aliphatic carbocycles. The van der Waals surface area contributed by atoms with Crippen LogP contribution >= 0.6 is 0 Å². The topological polar surface area (TPSA) is 44.8 Å². The highest BCUT2D eigenvalue weighted by atomic mass is 16.5. The van der Waals surface area contributed by atoms with E-state index in [1.165, 1.54) is 12.8 Å². The van der Waals surface area contributed by atoms with E-state index in [9.17, 15) is 4.79 Å². The summed E-state index contributed by atoms with van der Waals surface area (Å²) in [6.07, 6.45) is 4.58. The average Bonchev–Trinajstić information content (AvgIpc) is 2.97. The van der Waals surface area contributed by atoms with Gasteiger partial charge in [0.25, 0.3) is 0 Å². The molecule has 3 fully saturated rings. The quantitative estimate of drug-likeness (QED) is 0.809. The molecule has 0 spiro atoms. The van der Waals surface area contributed by atoms with Crippen LogP contribution in [0.4, 0.5) is 0 Å². The number of amides is 1. The van der Waals surface area contributed by atoms with Crippen molar-refractivity contribution in [3.8, 4) is 0 Å². The van der Waals surface area contributed by atoms with Gasteiger partial charge in [0, 0.05) is 32.7 Å². The fourth-order valence-corrected chi connectivity index (χ4v) is 3.61. The number of ether oxygens (including phenoxy) is 1. The number of hydrogen-bond donors (Lipinski definition) is 1. The Morgan fingerprint density at radius 2 is 2.00 bits per heavy atom. The number of hydrogen-bond acceptors (Lipinski definition) is 4. The Labute approximate surface area is 121 Å². The molecule has 5 nitrogen and oxygen atoms in total. The monoisotopic (exact) mass is 281 g/mol. The van der Waals surface area contributed by atoms with Gasteiger partial charge < -0.3 is 15.0 Å². The van der Waals surface area contributed by atoms with Crippen LogP contribution in [0.5, 0.6) is 0 Å². The summed E-state index contributed by atoms with van der Waals surface area (Å²) < 4.78 is 5.39. The van der Waals surface area contributed by atoms with Crippen molar-refractivity contribution >= 4 is 5.91 Å². The van der Waals surface area contributed by atoms with Gasteiger partial charge in [-0.05, 0) is 31.7 Å². The average molecular weight is 281 g/mol. The van der Waals surface area contributed by atoms with Crippen LogP contribution in [-0.4, -0.2) is 74.2 Å². The predicted molar refractivity (Wildman–Crippen MR) is 77.6 cm³/mol. The summed E-state index contributed by atoms with van der Waals surface area (Å²) in [5.41, 5.74) is 0. The number of piperidine rings is 1. The van der Waals surface area contributed by atoms with Crippen molar-refractivity contribution in [2.75, 3.05) is 52.5 Å². The summed E-state index contributed by atoms with van der Waals surface area (Å²) in [5.74, 6) is 0.995. The number of morpholine rings is 1. The number of carbonyl (C=O) groups excluding carboxylic acids is 1. The zero-order valence-electron chi connectivity index (χ0n) is 12.4. The molecule has 1 N–H and O–H groups in total. The molecule has 3 aliphatic heterocycles. The third-order valence-electron chi connectivity index (χ3n) is 4.83. The van der Waals surface area contributed by atoms with Crippen LogP contribution in [0.1, 0.15) is 25.7 Å². The first-order valence-corrected chi connectivity index (χ1v) is 8.15. The highest BCUT2D eigenvalue weighted by Crippen LogP contribution is 2.20. The van der Waals surface area contributed by atoms with Crippen LogP contribution in [0.2, 0.25) is 0 Å². The smallest absolute Gasteiger partial charge is 0.239 e. The molecule has 0 radical (unpaired) electrons. The van der Waals surface area contributed by atoms with Gasteiger partial charge in [-0.2, -0.15) is 0 Å². The molecule has 2 atom stereocenters. The minimum atomic E-state index is 0.0888. The summed E-state index contributed by atoms with van der Waals surface area (Å²) >= 11 is 0. The normalized spacial score (nSPS) is 32.5. The maximum atomic E-state index is 12.5. The molecule has 1 amide bonds. The van der Waals surface area contributed by atoms with Crippen molar-refractivity contribution in [1.82, 2.24) is 15.1 Å². The zero-order valence-corrected chi connectivity index (χ0v) is 12.4. The number of rotatable bonds is 3.